The van der Waals surface area contributed by atoms with Crippen LogP contribution in [0.15, 0.2) is 29.5 Å². The molecule has 1 rings (SSSR count). The lowest BCUT2D eigenvalue weighted by Gasteiger charge is -2.21. The van der Waals surface area contributed by atoms with Crippen molar-refractivity contribution in [2.75, 3.05) is 33.3 Å². The fourth-order valence-electron chi connectivity index (χ4n) is 2.33. The molecule has 8 heteroatoms. The molecule has 0 aromatic carbocycles. The van der Waals surface area contributed by atoms with Crippen molar-refractivity contribution in [3.8, 4) is 0 Å². The molecule has 1 heterocycles. The number of aliphatic imine (C=N–C) groups is 1. The van der Waals surface area contributed by atoms with Crippen LogP contribution in [0.1, 0.15) is 37.6 Å². The number of rotatable bonds is 10. The number of carbonyl (C=O) groups excluding carboxylic acids is 1. The number of hydrogen-bond acceptors (Lipinski definition) is 4. The lowest BCUT2D eigenvalue weighted by atomic mass is 10.0. The lowest BCUT2D eigenvalue weighted by Crippen LogP contribution is -2.42. The van der Waals surface area contributed by atoms with Crippen LogP contribution in [0.2, 0.25) is 0 Å². The Morgan fingerprint density at radius 1 is 1.23 bits per heavy atom. The van der Waals surface area contributed by atoms with Gasteiger partial charge in [-0.3, -0.25) is 14.8 Å². The highest BCUT2D eigenvalue weighted by Gasteiger charge is 2.12. The third-order valence-electron chi connectivity index (χ3n) is 3.70. The van der Waals surface area contributed by atoms with Gasteiger partial charge in [0.05, 0.1) is 11.7 Å². The lowest BCUT2D eigenvalue weighted by molar-refractivity contribution is 0.0258. The minimum atomic E-state index is -0.130. The molecule has 0 aliphatic carbocycles. The molecule has 0 saturated heterocycles. The Labute approximate surface area is 173 Å². The van der Waals surface area contributed by atoms with Gasteiger partial charge in [0.1, 0.15) is 0 Å². The summed E-state index contributed by atoms with van der Waals surface area (Å²) in [6.45, 7) is 8.95. The van der Waals surface area contributed by atoms with Gasteiger partial charge in [-0.2, -0.15) is 0 Å². The van der Waals surface area contributed by atoms with E-state index in [-0.39, 0.29) is 36.0 Å². The summed E-state index contributed by atoms with van der Waals surface area (Å²) >= 11 is 0. The molecule has 0 aliphatic rings. The van der Waals surface area contributed by atoms with Crippen LogP contribution in [0.4, 0.5) is 0 Å². The third-order valence-corrected chi connectivity index (χ3v) is 3.70. The predicted molar refractivity (Wildman–Crippen MR) is 116 cm³/mol. The molecular formula is C18H32IN5O2. The normalized spacial score (nSPS) is 12.3. The molecule has 1 aromatic rings. The molecule has 26 heavy (non-hydrogen) atoms. The van der Waals surface area contributed by atoms with E-state index in [1.54, 1.807) is 31.6 Å². The van der Waals surface area contributed by atoms with E-state index < -0.39 is 0 Å². The zero-order valence-electron chi connectivity index (χ0n) is 16.1. The molecule has 0 radical (unpaired) electrons. The fourth-order valence-corrected chi connectivity index (χ4v) is 2.33. The Bertz CT molecular complexity index is 526. The fraction of sp³-hybridized carbons (Fsp3) is 0.611. The maximum Gasteiger partial charge on any atom is 0.252 e. The van der Waals surface area contributed by atoms with E-state index in [9.17, 15) is 4.79 Å². The quantitative estimate of drug-likeness (QED) is 0.208. The zero-order chi connectivity index (χ0) is 18.5. The Kier molecular flexibility index (Phi) is 13.9. The SMILES string of the molecule is CCOC(CCNC(=NC)NCCNC(=O)c1cccnc1)C(C)C.I. The smallest absolute Gasteiger partial charge is 0.252 e. The topological polar surface area (TPSA) is 87.6 Å². The van der Waals surface area contributed by atoms with Gasteiger partial charge < -0.3 is 20.7 Å². The van der Waals surface area contributed by atoms with Gasteiger partial charge in [0, 0.05) is 45.7 Å². The summed E-state index contributed by atoms with van der Waals surface area (Å²) in [5.41, 5.74) is 0.556. The molecule has 1 atom stereocenters. The van der Waals surface area contributed by atoms with Crippen LogP contribution in [0.25, 0.3) is 0 Å². The summed E-state index contributed by atoms with van der Waals surface area (Å²) in [5, 5.41) is 9.29. The Hall–Kier alpha value is -1.42. The molecule has 3 N–H and O–H groups in total. The molecule has 1 aromatic heterocycles. The monoisotopic (exact) mass is 477 g/mol. The summed E-state index contributed by atoms with van der Waals surface area (Å²) < 4.78 is 5.73. The van der Waals surface area contributed by atoms with Gasteiger partial charge >= 0.3 is 0 Å². The average molecular weight is 477 g/mol. The number of ether oxygens (including phenoxy) is 1. The van der Waals surface area contributed by atoms with Crippen molar-refractivity contribution < 1.29 is 9.53 Å². The van der Waals surface area contributed by atoms with E-state index in [4.69, 9.17) is 4.74 Å². The average Bonchev–Trinajstić information content (AvgIpc) is 2.63. The van der Waals surface area contributed by atoms with Gasteiger partial charge in [-0.15, -0.1) is 24.0 Å². The van der Waals surface area contributed by atoms with Gasteiger partial charge in [-0.25, -0.2) is 0 Å². The summed E-state index contributed by atoms with van der Waals surface area (Å²) in [5.74, 6) is 1.07. The highest BCUT2D eigenvalue weighted by molar-refractivity contribution is 14.0. The number of pyridine rings is 1. The minimum Gasteiger partial charge on any atom is -0.378 e. The van der Waals surface area contributed by atoms with Gasteiger partial charge in [0.15, 0.2) is 5.96 Å². The first-order valence-corrected chi connectivity index (χ1v) is 8.82. The van der Waals surface area contributed by atoms with E-state index >= 15 is 0 Å². The Morgan fingerprint density at radius 3 is 2.50 bits per heavy atom. The summed E-state index contributed by atoms with van der Waals surface area (Å²) in [6.07, 6.45) is 4.36. The highest BCUT2D eigenvalue weighted by Crippen LogP contribution is 2.09. The molecule has 0 saturated carbocycles. The van der Waals surface area contributed by atoms with E-state index in [1.165, 1.54) is 0 Å². The van der Waals surface area contributed by atoms with Gasteiger partial charge in [-0.05, 0) is 31.4 Å². The minimum absolute atomic E-state index is 0. The molecule has 1 amide bonds. The predicted octanol–water partition coefficient (Wildman–Crippen LogP) is 2.05. The van der Waals surface area contributed by atoms with Gasteiger partial charge in [0.25, 0.3) is 5.91 Å². The summed E-state index contributed by atoms with van der Waals surface area (Å²) in [7, 11) is 1.73. The van der Waals surface area contributed by atoms with Crippen LogP contribution < -0.4 is 16.0 Å². The number of amides is 1. The van der Waals surface area contributed by atoms with Crippen LogP contribution in [0, 0.1) is 5.92 Å². The van der Waals surface area contributed by atoms with Crippen LogP contribution in [0.5, 0.6) is 0 Å². The van der Waals surface area contributed by atoms with Crippen molar-refractivity contribution in [1.82, 2.24) is 20.9 Å². The second-order valence-corrected chi connectivity index (χ2v) is 5.95. The van der Waals surface area contributed by atoms with Gasteiger partial charge in [0.2, 0.25) is 0 Å². The number of aromatic nitrogens is 1. The molecule has 0 bridgehead atoms. The first-order valence-electron chi connectivity index (χ1n) is 8.82. The van der Waals surface area contributed by atoms with Crippen molar-refractivity contribution in [3.63, 3.8) is 0 Å². The number of hydrogen-bond donors (Lipinski definition) is 3. The second-order valence-electron chi connectivity index (χ2n) is 5.95. The first kappa shape index (κ1) is 24.6. The Balaban J connectivity index is 0.00000625. The van der Waals surface area contributed by atoms with E-state index in [0.717, 1.165) is 25.5 Å². The third kappa shape index (κ3) is 9.91. The van der Waals surface area contributed by atoms with Crippen LogP contribution in [-0.4, -0.2) is 56.2 Å². The second kappa shape index (κ2) is 14.7. The molecule has 7 nitrogen and oxygen atoms in total. The van der Waals surface area contributed by atoms with Crippen molar-refractivity contribution in [3.05, 3.63) is 30.1 Å². The van der Waals surface area contributed by atoms with Crippen molar-refractivity contribution >= 4 is 35.8 Å². The first-order chi connectivity index (χ1) is 12.1. The van der Waals surface area contributed by atoms with Crippen molar-refractivity contribution in [1.29, 1.82) is 0 Å². The van der Waals surface area contributed by atoms with Crippen LogP contribution in [0.3, 0.4) is 0 Å². The number of halogens is 1. The Morgan fingerprint density at radius 2 is 1.92 bits per heavy atom. The van der Waals surface area contributed by atoms with E-state index in [2.05, 4.69) is 39.8 Å². The largest absolute Gasteiger partial charge is 0.378 e. The van der Waals surface area contributed by atoms with Crippen LogP contribution in [-0.2, 0) is 4.74 Å². The standard InChI is InChI=1S/C18H31N5O2.HI/c1-5-25-16(14(2)3)8-10-22-18(19-4)23-12-11-21-17(24)15-7-6-9-20-13-15;/h6-7,9,13-14,16H,5,8,10-12H2,1-4H3,(H,21,24)(H2,19,22,23);1H. The van der Waals surface area contributed by atoms with Gasteiger partial charge in [-0.1, -0.05) is 13.8 Å². The molecule has 1 unspecified atom stereocenters. The maximum absolute atomic E-state index is 11.9. The van der Waals surface area contributed by atoms with E-state index in [1.807, 2.05) is 6.92 Å². The molecule has 0 aliphatic heterocycles. The highest BCUT2D eigenvalue weighted by atomic mass is 127. The molecule has 148 valence electrons. The van der Waals surface area contributed by atoms with E-state index in [0.29, 0.717) is 24.6 Å². The zero-order valence-corrected chi connectivity index (χ0v) is 18.4. The number of nitrogens with zero attached hydrogens (tertiary/aromatic N) is 2. The molecular weight excluding hydrogens is 445 g/mol. The number of guanidine groups is 1. The van der Waals surface area contributed by atoms with Crippen LogP contribution >= 0.6 is 24.0 Å². The molecule has 0 fully saturated rings. The number of carbonyl (C=O) groups is 1. The summed E-state index contributed by atoms with van der Waals surface area (Å²) in [6, 6.07) is 3.48. The molecule has 0 spiro atoms. The van der Waals surface area contributed by atoms with Crippen molar-refractivity contribution in [2.45, 2.75) is 33.3 Å². The summed E-state index contributed by atoms with van der Waals surface area (Å²) in [4.78, 5) is 20.0. The number of nitrogens with one attached hydrogen (secondary N) is 3. The maximum atomic E-state index is 11.9. The van der Waals surface area contributed by atoms with Crippen molar-refractivity contribution in [2.24, 2.45) is 10.9 Å².